The summed E-state index contributed by atoms with van der Waals surface area (Å²) in [5.74, 6) is -1.49. The Kier molecular flexibility index (Phi) is 7.72. The number of carbonyl (C=O) groups is 2. The predicted octanol–water partition coefficient (Wildman–Crippen LogP) is 2.32. The second-order valence-corrected chi connectivity index (χ2v) is 8.85. The number of aliphatic hydroxyl groups excluding tert-OH is 2. The Labute approximate surface area is 203 Å². The summed E-state index contributed by atoms with van der Waals surface area (Å²) in [6.45, 7) is 0.513. The highest BCUT2D eigenvalue weighted by atomic mass is 35.5. The molecule has 0 spiro atoms. The number of allylic oxidation sites excluding steroid dienone is 3. The van der Waals surface area contributed by atoms with Crippen LogP contribution in [0.2, 0.25) is 0 Å². The van der Waals surface area contributed by atoms with Crippen LogP contribution < -0.4 is 5.32 Å². The lowest BCUT2D eigenvalue weighted by Crippen LogP contribution is -2.52. The third kappa shape index (κ3) is 5.52. The number of hydrogen-bond acceptors (Lipinski definition) is 6. The molecule has 2 aromatic heterocycles. The Balaban J connectivity index is 1.33. The highest BCUT2D eigenvalue weighted by Crippen LogP contribution is 2.31. The molecule has 8 nitrogen and oxygen atoms in total. The molecule has 1 saturated heterocycles. The van der Waals surface area contributed by atoms with Gasteiger partial charge in [0.25, 0.3) is 11.8 Å². The van der Waals surface area contributed by atoms with E-state index in [-0.39, 0.29) is 12.6 Å². The van der Waals surface area contributed by atoms with Crippen molar-refractivity contribution in [3.05, 3.63) is 71.3 Å². The number of amides is 2. The molecule has 4 rings (SSSR count). The summed E-state index contributed by atoms with van der Waals surface area (Å²) in [4.78, 5) is 35.2. The lowest BCUT2D eigenvalue weighted by molar-refractivity contribution is -0.153. The van der Waals surface area contributed by atoms with Crippen LogP contribution in [0.15, 0.2) is 65.6 Å². The minimum absolute atomic E-state index is 0.0531. The normalized spacial score (nSPS) is 19.7. The number of rotatable bonds is 7. The molecule has 9 heteroatoms. The van der Waals surface area contributed by atoms with E-state index >= 15 is 0 Å². The van der Waals surface area contributed by atoms with E-state index in [1.54, 1.807) is 29.6 Å². The van der Waals surface area contributed by atoms with Crippen LogP contribution in [-0.4, -0.2) is 61.7 Å². The van der Waals surface area contributed by atoms with Crippen molar-refractivity contribution in [2.45, 2.75) is 50.5 Å². The first-order valence-electron chi connectivity index (χ1n) is 11.3. The van der Waals surface area contributed by atoms with E-state index in [4.69, 9.17) is 11.6 Å². The summed E-state index contributed by atoms with van der Waals surface area (Å²) >= 11 is 6.13. The molecule has 2 aliphatic rings. The van der Waals surface area contributed by atoms with Gasteiger partial charge < -0.3 is 20.4 Å². The highest BCUT2D eigenvalue weighted by Gasteiger charge is 2.39. The molecule has 3 atom stereocenters. The van der Waals surface area contributed by atoms with Crippen molar-refractivity contribution in [1.29, 1.82) is 0 Å². The van der Waals surface area contributed by atoms with Crippen molar-refractivity contribution >= 4 is 23.4 Å². The molecule has 1 unspecified atom stereocenters. The number of carbonyl (C=O) groups excluding carboxylic acids is 2. The minimum Gasteiger partial charge on any atom is -0.380 e. The van der Waals surface area contributed by atoms with Gasteiger partial charge in [-0.2, -0.15) is 0 Å². The van der Waals surface area contributed by atoms with Gasteiger partial charge in [-0.25, -0.2) is 0 Å². The molecule has 1 aliphatic carbocycles. The van der Waals surface area contributed by atoms with Gasteiger partial charge in [0.05, 0.1) is 18.3 Å². The molecule has 178 valence electrons. The van der Waals surface area contributed by atoms with Crippen LogP contribution in [0.25, 0.3) is 11.1 Å². The Morgan fingerprint density at radius 3 is 2.65 bits per heavy atom. The molecule has 3 heterocycles. The van der Waals surface area contributed by atoms with Crippen molar-refractivity contribution in [1.82, 2.24) is 20.2 Å². The lowest BCUT2D eigenvalue weighted by atomic mass is 9.95. The number of nitrogens with zero attached hydrogens (tertiary/aromatic N) is 3. The number of nitrogens with one attached hydrogen (secondary N) is 1. The van der Waals surface area contributed by atoms with Crippen molar-refractivity contribution in [2.24, 2.45) is 0 Å². The van der Waals surface area contributed by atoms with Gasteiger partial charge >= 0.3 is 0 Å². The summed E-state index contributed by atoms with van der Waals surface area (Å²) in [5.41, 5.74) is 3.49. The van der Waals surface area contributed by atoms with Crippen LogP contribution in [0.4, 0.5) is 0 Å². The fourth-order valence-electron chi connectivity index (χ4n) is 4.34. The van der Waals surface area contributed by atoms with E-state index < -0.39 is 24.0 Å². The van der Waals surface area contributed by atoms with Gasteiger partial charge in [0.15, 0.2) is 12.2 Å². The third-order valence-corrected chi connectivity index (χ3v) is 6.43. The molecule has 0 bridgehead atoms. The van der Waals surface area contributed by atoms with Crippen molar-refractivity contribution in [2.75, 3.05) is 6.54 Å². The molecule has 2 aromatic rings. The molecule has 0 saturated carbocycles. The van der Waals surface area contributed by atoms with Crippen molar-refractivity contribution in [3.8, 4) is 11.1 Å². The first kappa shape index (κ1) is 24.1. The number of aliphatic hydroxyl groups is 2. The van der Waals surface area contributed by atoms with Gasteiger partial charge in [-0.15, -0.1) is 0 Å². The van der Waals surface area contributed by atoms with Gasteiger partial charge in [-0.1, -0.05) is 23.7 Å². The Morgan fingerprint density at radius 1 is 1.15 bits per heavy atom. The minimum atomic E-state index is -1.88. The Morgan fingerprint density at radius 2 is 1.94 bits per heavy atom. The van der Waals surface area contributed by atoms with Gasteiger partial charge in [0, 0.05) is 35.7 Å². The zero-order valence-corrected chi connectivity index (χ0v) is 19.4. The smallest absolute Gasteiger partial charge is 0.255 e. The monoisotopic (exact) mass is 482 g/mol. The molecule has 3 N–H and O–H groups in total. The average molecular weight is 483 g/mol. The van der Waals surface area contributed by atoms with Gasteiger partial charge in [-0.05, 0) is 61.1 Å². The van der Waals surface area contributed by atoms with Gasteiger partial charge in [0.1, 0.15) is 0 Å². The van der Waals surface area contributed by atoms with Crippen LogP contribution in [0.5, 0.6) is 0 Å². The maximum atomic E-state index is 12.9. The van der Waals surface area contributed by atoms with Crippen LogP contribution >= 0.6 is 11.6 Å². The van der Waals surface area contributed by atoms with Crippen LogP contribution in [0.1, 0.15) is 31.4 Å². The summed E-state index contributed by atoms with van der Waals surface area (Å²) < 4.78 is 0. The first-order chi connectivity index (χ1) is 16.4. The van der Waals surface area contributed by atoms with Crippen molar-refractivity contribution < 1.29 is 19.8 Å². The van der Waals surface area contributed by atoms with E-state index in [0.717, 1.165) is 42.4 Å². The standard InChI is InChI=1S/C25H27ClN4O4/c26-19-4-1-3-17(13-19)21-5-2-12-30(21)25(34)23(32)22(31)24(33)29-15-20-7-6-18(14-28-20)16-8-10-27-11-9-16/h4,6-11,13-14,21-23,31-32H,1-3,5,12,15H2,(H,29,33)/t21?,22-,23-/m1/s1. The number of likely N-dealkylation sites (tertiary alicyclic amines) is 1. The Hall–Kier alpha value is -3.07. The molecule has 0 aromatic carbocycles. The molecular weight excluding hydrogens is 456 g/mol. The number of pyridine rings is 2. The van der Waals surface area contributed by atoms with E-state index in [2.05, 4.69) is 15.3 Å². The van der Waals surface area contributed by atoms with E-state index in [1.165, 1.54) is 0 Å². The van der Waals surface area contributed by atoms with Crippen LogP contribution in [0.3, 0.4) is 0 Å². The summed E-state index contributed by atoms with van der Waals surface area (Å²) in [7, 11) is 0. The first-order valence-corrected chi connectivity index (χ1v) is 11.7. The molecule has 1 fully saturated rings. The van der Waals surface area contributed by atoms with E-state index in [0.29, 0.717) is 17.3 Å². The Bertz CT molecular complexity index is 1090. The molecule has 0 radical (unpaired) electrons. The summed E-state index contributed by atoms with van der Waals surface area (Å²) in [6, 6.07) is 7.19. The van der Waals surface area contributed by atoms with Gasteiger partial charge in [-0.3, -0.25) is 19.6 Å². The number of hydrogen-bond donors (Lipinski definition) is 3. The fraction of sp³-hybridized carbons (Fsp3) is 0.360. The maximum Gasteiger partial charge on any atom is 0.255 e. The third-order valence-electron chi connectivity index (χ3n) is 6.16. The fourth-order valence-corrected chi connectivity index (χ4v) is 4.59. The largest absolute Gasteiger partial charge is 0.380 e. The maximum absolute atomic E-state index is 12.9. The van der Waals surface area contributed by atoms with Gasteiger partial charge in [0.2, 0.25) is 0 Å². The average Bonchev–Trinajstić information content (AvgIpc) is 3.37. The zero-order valence-electron chi connectivity index (χ0n) is 18.6. The molecule has 2 amide bonds. The number of aromatic nitrogens is 2. The summed E-state index contributed by atoms with van der Waals surface area (Å²) in [6.07, 6.45) is 8.27. The zero-order chi connectivity index (χ0) is 24.1. The second kappa shape index (κ2) is 10.9. The van der Waals surface area contributed by atoms with Crippen molar-refractivity contribution in [3.63, 3.8) is 0 Å². The molecular formula is C25H27ClN4O4. The lowest BCUT2D eigenvalue weighted by Gasteiger charge is -2.30. The SMILES string of the molecule is O=C(NCc1ccc(-c2ccncc2)cn1)[C@H](O)[C@@H](O)C(=O)N1CCCC1C1=CC(Cl)=CCC1. The molecule has 1 aliphatic heterocycles. The van der Waals surface area contributed by atoms with E-state index in [9.17, 15) is 19.8 Å². The number of halogens is 1. The van der Waals surface area contributed by atoms with E-state index in [1.807, 2.05) is 30.4 Å². The second-order valence-electron chi connectivity index (χ2n) is 8.42. The summed E-state index contributed by atoms with van der Waals surface area (Å²) in [5, 5.41) is 24.0. The van der Waals surface area contributed by atoms with Crippen LogP contribution in [-0.2, 0) is 16.1 Å². The predicted molar refractivity (Wildman–Crippen MR) is 127 cm³/mol. The molecule has 34 heavy (non-hydrogen) atoms. The highest BCUT2D eigenvalue weighted by molar-refractivity contribution is 6.31. The topological polar surface area (TPSA) is 116 Å². The quantitative estimate of drug-likeness (QED) is 0.557. The van der Waals surface area contributed by atoms with Crippen LogP contribution in [0, 0.1) is 0 Å².